The van der Waals surface area contributed by atoms with Crippen LogP contribution >= 0.6 is 27.3 Å². The van der Waals surface area contributed by atoms with Gasteiger partial charge in [0.15, 0.2) is 5.82 Å². The van der Waals surface area contributed by atoms with E-state index >= 15 is 0 Å². The fourth-order valence-corrected chi connectivity index (χ4v) is 4.32. The highest BCUT2D eigenvalue weighted by molar-refractivity contribution is 9.10. The number of rotatable bonds is 4. The van der Waals surface area contributed by atoms with Gasteiger partial charge >= 0.3 is 0 Å². The van der Waals surface area contributed by atoms with E-state index < -0.39 is 0 Å². The summed E-state index contributed by atoms with van der Waals surface area (Å²) >= 11 is 5.25. The first kappa shape index (κ1) is 15.0. The number of fused-ring (bicyclic) bond motifs is 1. The molecule has 4 rings (SSSR count). The fraction of sp³-hybridized carbons (Fsp3) is 0.312. The van der Waals surface area contributed by atoms with Crippen molar-refractivity contribution in [2.75, 3.05) is 18.4 Å². The molecule has 0 spiro atoms. The first-order valence-electron chi connectivity index (χ1n) is 7.63. The number of anilines is 1. The van der Waals surface area contributed by atoms with Crippen LogP contribution in [-0.4, -0.2) is 34.1 Å². The Bertz CT molecular complexity index is 814. The summed E-state index contributed by atoms with van der Waals surface area (Å²) in [7, 11) is 0. The van der Waals surface area contributed by atoms with E-state index in [9.17, 15) is 0 Å². The second-order valence-electron chi connectivity index (χ2n) is 5.57. The predicted molar refractivity (Wildman–Crippen MR) is 97.9 cm³/mol. The average molecular weight is 390 g/mol. The van der Waals surface area contributed by atoms with Crippen molar-refractivity contribution in [2.24, 2.45) is 0 Å². The van der Waals surface area contributed by atoms with E-state index in [-0.39, 0.29) is 0 Å². The Balaban J connectivity index is 1.72. The van der Waals surface area contributed by atoms with Crippen LogP contribution in [0, 0.1) is 0 Å². The number of hydrogen-bond donors (Lipinski definition) is 2. The third kappa shape index (κ3) is 3.08. The zero-order valence-electron chi connectivity index (χ0n) is 12.4. The highest BCUT2D eigenvalue weighted by Gasteiger charge is 2.17. The van der Waals surface area contributed by atoms with Gasteiger partial charge in [0, 0.05) is 35.9 Å². The summed E-state index contributed by atoms with van der Waals surface area (Å²) in [6, 6.07) is 4.39. The SMILES string of the molecule is Brc1csc2c(NC[C@H]3CCCN3)nc(-c3ccncc3)nc12. The molecule has 118 valence electrons. The lowest BCUT2D eigenvalue weighted by atomic mass is 10.2. The molecule has 1 aliphatic heterocycles. The number of nitrogens with one attached hydrogen (secondary N) is 2. The summed E-state index contributed by atoms with van der Waals surface area (Å²) in [5, 5.41) is 9.08. The fourth-order valence-electron chi connectivity index (χ4n) is 2.79. The van der Waals surface area contributed by atoms with Crippen molar-refractivity contribution in [3.05, 3.63) is 34.4 Å². The number of nitrogens with zero attached hydrogens (tertiary/aromatic N) is 3. The molecule has 23 heavy (non-hydrogen) atoms. The van der Waals surface area contributed by atoms with Crippen LogP contribution in [-0.2, 0) is 0 Å². The van der Waals surface area contributed by atoms with Crippen LogP contribution < -0.4 is 10.6 Å². The molecule has 5 nitrogen and oxygen atoms in total. The van der Waals surface area contributed by atoms with Crippen molar-refractivity contribution in [3.8, 4) is 11.4 Å². The van der Waals surface area contributed by atoms with Crippen molar-refractivity contribution >= 4 is 43.3 Å². The van der Waals surface area contributed by atoms with Gasteiger partial charge in [-0.1, -0.05) is 0 Å². The minimum atomic E-state index is 0.521. The molecule has 3 aromatic heterocycles. The molecular weight excluding hydrogens is 374 g/mol. The largest absolute Gasteiger partial charge is 0.367 e. The number of pyridine rings is 1. The van der Waals surface area contributed by atoms with Gasteiger partial charge in [0.25, 0.3) is 0 Å². The molecule has 1 aliphatic rings. The maximum Gasteiger partial charge on any atom is 0.162 e. The van der Waals surface area contributed by atoms with Crippen molar-refractivity contribution in [1.29, 1.82) is 0 Å². The van der Waals surface area contributed by atoms with Gasteiger partial charge in [-0.25, -0.2) is 9.97 Å². The molecule has 7 heteroatoms. The first-order valence-corrected chi connectivity index (χ1v) is 9.31. The molecule has 1 fully saturated rings. The Morgan fingerprint density at radius 1 is 1.30 bits per heavy atom. The first-order chi connectivity index (χ1) is 11.3. The Labute approximate surface area is 146 Å². The maximum absolute atomic E-state index is 4.76. The topological polar surface area (TPSA) is 62.7 Å². The number of aromatic nitrogens is 3. The van der Waals surface area contributed by atoms with E-state index in [0.717, 1.165) is 45.0 Å². The van der Waals surface area contributed by atoms with Crippen molar-refractivity contribution < 1.29 is 0 Å². The quantitative estimate of drug-likeness (QED) is 0.712. The van der Waals surface area contributed by atoms with Gasteiger partial charge in [0.05, 0.1) is 9.17 Å². The summed E-state index contributed by atoms with van der Waals surface area (Å²) in [5.74, 6) is 1.63. The molecule has 3 aromatic rings. The molecule has 1 saturated heterocycles. The van der Waals surface area contributed by atoms with Crippen LogP contribution in [0.15, 0.2) is 34.4 Å². The van der Waals surface area contributed by atoms with Crippen LogP contribution in [0.4, 0.5) is 5.82 Å². The van der Waals surface area contributed by atoms with Crippen LogP contribution in [0.2, 0.25) is 0 Å². The minimum absolute atomic E-state index is 0.521. The molecule has 1 atom stereocenters. The van der Waals surface area contributed by atoms with E-state index in [1.165, 1.54) is 12.8 Å². The highest BCUT2D eigenvalue weighted by atomic mass is 79.9. The van der Waals surface area contributed by atoms with E-state index in [1.54, 1.807) is 23.7 Å². The summed E-state index contributed by atoms with van der Waals surface area (Å²) < 4.78 is 2.10. The smallest absolute Gasteiger partial charge is 0.162 e. The molecule has 0 amide bonds. The van der Waals surface area contributed by atoms with Crippen molar-refractivity contribution in [2.45, 2.75) is 18.9 Å². The monoisotopic (exact) mass is 389 g/mol. The minimum Gasteiger partial charge on any atom is -0.367 e. The standard InChI is InChI=1S/C16H16BrN5S/c17-12-9-23-14-13(12)21-15(10-3-6-18-7-4-10)22-16(14)20-8-11-2-1-5-19-11/h3-4,6-7,9,11,19H,1-2,5,8H2,(H,20,21,22)/t11-/m1/s1. The summed E-state index contributed by atoms with van der Waals surface area (Å²) in [6.07, 6.45) is 5.99. The Morgan fingerprint density at radius 2 is 2.17 bits per heavy atom. The van der Waals surface area contributed by atoms with Crippen LogP contribution in [0.3, 0.4) is 0 Å². The number of hydrogen-bond acceptors (Lipinski definition) is 6. The van der Waals surface area contributed by atoms with Gasteiger partial charge < -0.3 is 10.6 Å². The lowest BCUT2D eigenvalue weighted by Crippen LogP contribution is -2.29. The zero-order valence-corrected chi connectivity index (χ0v) is 14.8. The average Bonchev–Trinajstić information content (AvgIpc) is 3.24. The summed E-state index contributed by atoms with van der Waals surface area (Å²) in [4.78, 5) is 13.5. The molecule has 4 heterocycles. The van der Waals surface area contributed by atoms with Gasteiger partial charge in [-0.05, 0) is 47.4 Å². The molecule has 2 N–H and O–H groups in total. The predicted octanol–water partition coefficient (Wildman–Crippen LogP) is 3.68. The van der Waals surface area contributed by atoms with Crippen LogP contribution in [0.1, 0.15) is 12.8 Å². The molecule has 0 radical (unpaired) electrons. The zero-order chi connectivity index (χ0) is 15.6. The normalized spacial score (nSPS) is 17.7. The molecule has 0 bridgehead atoms. The van der Waals surface area contributed by atoms with Crippen LogP contribution in [0.25, 0.3) is 21.6 Å². The summed E-state index contributed by atoms with van der Waals surface area (Å²) in [5.41, 5.74) is 1.93. The second-order valence-corrected chi connectivity index (χ2v) is 7.30. The Morgan fingerprint density at radius 3 is 2.96 bits per heavy atom. The molecule has 0 unspecified atom stereocenters. The molecule has 0 aromatic carbocycles. The van der Waals surface area contributed by atoms with Gasteiger partial charge in [0.1, 0.15) is 11.3 Å². The summed E-state index contributed by atoms with van der Waals surface area (Å²) in [6.45, 7) is 2.00. The Hall–Kier alpha value is -1.57. The lowest BCUT2D eigenvalue weighted by molar-refractivity contribution is 0.633. The van der Waals surface area contributed by atoms with Gasteiger partial charge in [0.2, 0.25) is 0 Å². The Kier molecular flexibility index (Phi) is 4.24. The molecule has 0 aliphatic carbocycles. The van der Waals surface area contributed by atoms with Gasteiger partial charge in [-0.3, -0.25) is 4.98 Å². The molecular formula is C16H16BrN5S. The van der Waals surface area contributed by atoms with E-state index in [1.807, 2.05) is 12.1 Å². The third-order valence-electron chi connectivity index (χ3n) is 3.99. The number of thiophene rings is 1. The van der Waals surface area contributed by atoms with Gasteiger partial charge in [-0.15, -0.1) is 11.3 Å². The molecule has 0 saturated carbocycles. The highest BCUT2D eigenvalue weighted by Crippen LogP contribution is 2.34. The third-order valence-corrected chi connectivity index (χ3v) is 5.87. The van der Waals surface area contributed by atoms with Crippen LogP contribution in [0.5, 0.6) is 0 Å². The lowest BCUT2D eigenvalue weighted by Gasteiger charge is -2.13. The van der Waals surface area contributed by atoms with Gasteiger partial charge in [-0.2, -0.15) is 0 Å². The van der Waals surface area contributed by atoms with Crippen molar-refractivity contribution in [3.63, 3.8) is 0 Å². The maximum atomic E-state index is 4.76. The second kappa shape index (κ2) is 6.51. The van der Waals surface area contributed by atoms with E-state index in [0.29, 0.717) is 6.04 Å². The van der Waals surface area contributed by atoms with E-state index in [2.05, 4.69) is 36.9 Å². The van der Waals surface area contributed by atoms with Crippen molar-refractivity contribution in [1.82, 2.24) is 20.3 Å². The van der Waals surface area contributed by atoms with E-state index in [4.69, 9.17) is 9.97 Å². The number of halogens is 1.